The van der Waals surface area contributed by atoms with E-state index in [2.05, 4.69) is 285 Å². The van der Waals surface area contributed by atoms with Crippen molar-refractivity contribution in [2.75, 3.05) is 14.7 Å². The highest BCUT2D eigenvalue weighted by atomic mass is 32.1. The Labute approximate surface area is 489 Å². The van der Waals surface area contributed by atoms with Gasteiger partial charge in [0.2, 0.25) is 0 Å². The van der Waals surface area contributed by atoms with Crippen molar-refractivity contribution < 1.29 is 0 Å². The monoisotopic (exact) mass is 1080 g/mol. The minimum Gasteiger partial charge on any atom is -0.311 e. The third kappa shape index (κ3) is 8.55. The van der Waals surface area contributed by atoms with Gasteiger partial charge in [-0.25, -0.2) is 0 Å². The highest BCUT2D eigenvalue weighted by molar-refractivity contribution is 7.26. The summed E-state index contributed by atoms with van der Waals surface area (Å²) in [6, 6.07) is 58.4. The van der Waals surface area contributed by atoms with Crippen molar-refractivity contribution in [3.8, 4) is 0 Å². The number of thiophene rings is 1. The molecule has 13 rings (SSSR count). The van der Waals surface area contributed by atoms with Crippen LogP contribution >= 0.6 is 11.3 Å². The van der Waals surface area contributed by atoms with Crippen LogP contribution in [0.5, 0.6) is 0 Å². The van der Waals surface area contributed by atoms with Crippen LogP contribution in [0, 0.1) is 6.92 Å². The molecule has 4 aliphatic rings. The van der Waals surface area contributed by atoms with E-state index in [0.717, 1.165) is 23.5 Å². The van der Waals surface area contributed by atoms with Gasteiger partial charge >= 0.3 is 0 Å². The Balaban J connectivity index is 1.12. The summed E-state index contributed by atoms with van der Waals surface area (Å²) >= 11 is 1.95. The van der Waals surface area contributed by atoms with Crippen molar-refractivity contribution in [3.63, 3.8) is 0 Å². The highest BCUT2D eigenvalue weighted by Crippen LogP contribution is 2.55. The molecular weight excluding hydrogens is 998 g/mol. The molecule has 2 aliphatic heterocycles. The first-order chi connectivity index (χ1) is 37.9. The van der Waals surface area contributed by atoms with Crippen molar-refractivity contribution in [1.82, 2.24) is 0 Å². The summed E-state index contributed by atoms with van der Waals surface area (Å²) in [5, 5.41) is 2.63. The van der Waals surface area contributed by atoms with Gasteiger partial charge in [-0.3, -0.25) is 0 Å². The standard InChI is InChI=1S/C76H84BN3S/c1-46-38-65-68-66(39-46)80(62-21-19-20-55-54-33-26-49(72(8,9)10)40-67(54)81-69(55)62)63-42-53(78(50-27-22-47(23-28-50)70(2,3)4)51-29-24-48(25-30-51)71(5,6)7)32-35-60(63)77(68)61-43-58-59(76(17,18)45-75(58,15)16)44-64(61)79(65)52-31-34-56-57(41-52)74(13,14)37-36-73(56,11)12/h19-35,38-44H,36-37,45H2,1-18H3. The van der Waals surface area contributed by atoms with Gasteiger partial charge in [-0.05, 0) is 204 Å². The lowest BCUT2D eigenvalue weighted by Gasteiger charge is -2.46. The van der Waals surface area contributed by atoms with Gasteiger partial charge in [-0.15, -0.1) is 11.3 Å². The van der Waals surface area contributed by atoms with Crippen molar-refractivity contribution in [3.05, 3.63) is 190 Å². The van der Waals surface area contributed by atoms with Crippen LogP contribution in [0.4, 0.5) is 51.2 Å². The third-order valence-electron chi connectivity index (χ3n) is 19.6. The number of benzene rings is 8. The Kier molecular flexibility index (Phi) is 11.8. The molecule has 0 radical (unpaired) electrons. The summed E-state index contributed by atoms with van der Waals surface area (Å²) in [4.78, 5) is 7.89. The Morgan fingerprint density at radius 2 is 0.963 bits per heavy atom. The minimum absolute atomic E-state index is 0.0130. The molecule has 0 saturated carbocycles. The summed E-state index contributed by atoms with van der Waals surface area (Å²) in [6.07, 6.45) is 3.47. The zero-order valence-electron chi connectivity index (χ0n) is 51.8. The molecule has 0 spiro atoms. The van der Waals surface area contributed by atoms with Crippen molar-refractivity contribution in [2.45, 2.75) is 182 Å². The van der Waals surface area contributed by atoms with Gasteiger partial charge < -0.3 is 14.7 Å². The van der Waals surface area contributed by atoms with Crippen LogP contribution in [0.2, 0.25) is 0 Å². The van der Waals surface area contributed by atoms with Gasteiger partial charge in [0, 0.05) is 61.0 Å². The summed E-state index contributed by atoms with van der Waals surface area (Å²) in [5.74, 6) is 0. The molecule has 1 aromatic heterocycles. The lowest BCUT2D eigenvalue weighted by atomic mass is 9.33. The number of hydrogen-bond donors (Lipinski definition) is 0. The number of aryl methyl sites for hydroxylation is 1. The molecule has 3 heterocycles. The first-order valence-corrected chi connectivity index (χ1v) is 30.9. The van der Waals surface area contributed by atoms with E-state index in [-0.39, 0.29) is 44.6 Å². The fourth-order valence-electron chi connectivity index (χ4n) is 15.1. The molecule has 0 unspecified atom stereocenters. The molecule has 0 saturated heterocycles. The lowest BCUT2D eigenvalue weighted by molar-refractivity contribution is 0.332. The Hall–Kier alpha value is -6.56. The van der Waals surface area contributed by atoms with Gasteiger partial charge in [0.1, 0.15) is 0 Å². The minimum atomic E-state index is -0.0264. The molecule has 0 atom stereocenters. The van der Waals surface area contributed by atoms with E-state index in [0.29, 0.717) is 0 Å². The van der Waals surface area contributed by atoms with Crippen LogP contribution in [0.3, 0.4) is 0 Å². The fraction of sp³-hybridized carbons (Fsp3) is 0.368. The number of anilines is 9. The van der Waals surface area contributed by atoms with Gasteiger partial charge in [-0.2, -0.15) is 0 Å². The predicted octanol–water partition coefficient (Wildman–Crippen LogP) is 20.1. The first kappa shape index (κ1) is 53.7. The lowest BCUT2D eigenvalue weighted by Crippen LogP contribution is -2.61. The van der Waals surface area contributed by atoms with Crippen LogP contribution in [-0.4, -0.2) is 6.71 Å². The second-order valence-corrected chi connectivity index (χ2v) is 31.7. The topological polar surface area (TPSA) is 9.72 Å². The molecular formula is C76H84BN3S. The largest absolute Gasteiger partial charge is 0.311 e. The summed E-state index contributed by atoms with van der Waals surface area (Å²) in [5.41, 5.74) is 26.6. The van der Waals surface area contributed by atoms with Crippen molar-refractivity contribution >= 4 is 106 Å². The Morgan fingerprint density at radius 1 is 0.432 bits per heavy atom. The Morgan fingerprint density at radius 3 is 1.57 bits per heavy atom. The summed E-state index contributed by atoms with van der Waals surface area (Å²) in [6.45, 7) is 42.9. The number of rotatable bonds is 5. The molecule has 412 valence electrons. The van der Waals surface area contributed by atoms with Crippen LogP contribution in [0.15, 0.2) is 146 Å². The van der Waals surface area contributed by atoms with Crippen LogP contribution in [0.25, 0.3) is 20.2 Å². The van der Waals surface area contributed by atoms with Gasteiger partial charge in [0.25, 0.3) is 6.71 Å². The molecule has 0 amide bonds. The first-order valence-electron chi connectivity index (χ1n) is 30.1. The normalized spacial score (nSPS) is 17.4. The van der Waals surface area contributed by atoms with E-state index in [1.165, 1.54) is 128 Å². The van der Waals surface area contributed by atoms with Gasteiger partial charge in [-0.1, -0.05) is 184 Å². The van der Waals surface area contributed by atoms with E-state index in [4.69, 9.17) is 0 Å². The predicted molar refractivity (Wildman–Crippen MR) is 355 cm³/mol. The maximum Gasteiger partial charge on any atom is 0.252 e. The molecule has 81 heavy (non-hydrogen) atoms. The van der Waals surface area contributed by atoms with Crippen molar-refractivity contribution in [1.29, 1.82) is 0 Å². The zero-order chi connectivity index (χ0) is 57.5. The summed E-state index contributed by atoms with van der Waals surface area (Å²) < 4.78 is 2.65. The van der Waals surface area contributed by atoms with E-state index in [1.54, 1.807) is 0 Å². The quantitative estimate of drug-likeness (QED) is 0.159. The van der Waals surface area contributed by atoms with E-state index >= 15 is 0 Å². The summed E-state index contributed by atoms with van der Waals surface area (Å²) in [7, 11) is 0. The molecule has 3 nitrogen and oxygen atoms in total. The third-order valence-corrected chi connectivity index (χ3v) is 20.8. The zero-order valence-corrected chi connectivity index (χ0v) is 52.6. The van der Waals surface area contributed by atoms with Crippen LogP contribution in [0.1, 0.15) is 181 Å². The van der Waals surface area contributed by atoms with E-state index < -0.39 is 0 Å². The van der Waals surface area contributed by atoms with Crippen LogP contribution in [-0.2, 0) is 37.9 Å². The average Bonchev–Trinajstić information content (AvgIpc) is 3.92. The molecule has 9 aromatic rings. The van der Waals surface area contributed by atoms with Gasteiger partial charge in [0.15, 0.2) is 0 Å². The number of nitrogens with zero attached hydrogens (tertiary/aromatic N) is 3. The van der Waals surface area contributed by atoms with Crippen molar-refractivity contribution in [2.24, 2.45) is 0 Å². The molecule has 0 bridgehead atoms. The molecule has 2 aliphatic carbocycles. The Bertz CT molecular complexity index is 3990. The maximum absolute atomic E-state index is 2.70. The molecule has 8 aromatic carbocycles. The molecule has 0 fully saturated rings. The van der Waals surface area contributed by atoms with E-state index in [1.807, 2.05) is 11.3 Å². The second-order valence-electron chi connectivity index (χ2n) is 30.6. The number of hydrogen-bond acceptors (Lipinski definition) is 4. The fourth-order valence-corrected chi connectivity index (χ4v) is 16.3. The maximum atomic E-state index is 2.70. The van der Waals surface area contributed by atoms with Crippen LogP contribution < -0.4 is 31.1 Å². The second kappa shape index (κ2) is 17.7. The smallest absolute Gasteiger partial charge is 0.252 e. The SMILES string of the molecule is Cc1cc2c3c(c1)N(c1cccc4c1sc1cc(C(C)(C)C)ccc14)c1cc(N(c4ccc(C(C)(C)C)cc4)c4ccc(C(C)(C)C)cc4)ccc1B3c1cc3c(cc1N2c1ccc2c(c1)C(C)(C)CCC2(C)C)C(C)(C)CC3(C)C. The highest BCUT2D eigenvalue weighted by Gasteiger charge is 2.49. The average molecular weight is 1080 g/mol. The van der Waals surface area contributed by atoms with Gasteiger partial charge in [0.05, 0.1) is 10.4 Å². The molecule has 5 heteroatoms. The van der Waals surface area contributed by atoms with E-state index in [9.17, 15) is 0 Å². The molecule has 0 N–H and O–H groups in total. The number of fused-ring (bicyclic) bond motifs is 9.